The Labute approximate surface area is 179 Å². The predicted molar refractivity (Wildman–Crippen MR) is 114 cm³/mol. The molecule has 2 aromatic heterocycles. The van der Waals surface area contributed by atoms with Gasteiger partial charge >= 0.3 is 0 Å². The Bertz CT molecular complexity index is 927. The molecule has 0 bridgehead atoms. The number of rotatable bonds is 6. The van der Waals surface area contributed by atoms with E-state index in [1.54, 1.807) is 11.3 Å². The first-order chi connectivity index (χ1) is 14.2. The van der Waals surface area contributed by atoms with Crippen LogP contribution in [0.5, 0.6) is 0 Å². The highest BCUT2D eigenvalue weighted by molar-refractivity contribution is 7.13. The molecule has 1 aromatic carbocycles. The van der Waals surface area contributed by atoms with Crippen molar-refractivity contribution in [2.45, 2.75) is 25.8 Å². The Kier molecular flexibility index (Phi) is 6.59. The van der Waals surface area contributed by atoms with Gasteiger partial charge in [0.2, 0.25) is 17.6 Å². The summed E-state index contributed by atoms with van der Waals surface area (Å²) in [7, 11) is 0. The Morgan fingerprint density at radius 1 is 1.14 bits per heavy atom. The van der Waals surface area contributed by atoms with E-state index in [-0.39, 0.29) is 5.91 Å². The van der Waals surface area contributed by atoms with Gasteiger partial charge in [0.25, 0.3) is 0 Å². The zero-order chi connectivity index (χ0) is 20.1. The van der Waals surface area contributed by atoms with Gasteiger partial charge < -0.3 is 9.42 Å². The van der Waals surface area contributed by atoms with Gasteiger partial charge in [-0.2, -0.15) is 4.98 Å². The largest absolute Gasteiger partial charge is 0.341 e. The van der Waals surface area contributed by atoms with Crippen LogP contribution in [-0.4, -0.2) is 52.0 Å². The average molecular weight is 431 g/mol. The van der Waals surface area contributed by atoms with Crippen LogP contribution in [0.15, 0.2) is 46.3 Å². The van der Waals surface area contributed by atoms with E-state index >= 15 is 0 Å². The summed E-state index contributed by atoms with van der Waals surface area (Å²) in [5.41, 5.74) is 1.24. The third kappa shape index (κ3) is 5.44. The number of nitrogens with zero attached hydrogens (tertiary/aromatic N) is 4. The molecule has 1 fully saturated rings. The minimum Gasteiger partial charge on any atom is -0.341 e. The number of hydrogen-bond acceptors (Lipinski definition) is 6. The number of aryl methyl sites for hydroxylation is 1. The summed E-state index contributed by atoms with van der Waals surface area (Å²) in [4.78, 5) is 22.4. The first-order valence-electron chi connectivity index (χ1n) is 9.78. The molecule has 1 saturated heterocycles. The SMILES string of the molecule is O=C(CCc1nc(-c2cccs2)no1)N1CCCN(Cc2ccc(Cl)cc2)CC1. The zero-order valence-electron chi connectivity index (χ0n) is 16.1. The molecule has 0 saturated carbocycles. The van der Waals surface area contributed by atoms with Gasteiger partial charge in [-0.15, -0.1) is 11.3 Å². The molecule has 0 radical (unpaired) electrons. The smallest absolute Gasteiger partial charge is 0.227 e. The molecule has 152 valence electrons. The topological polar surface area (TPSA) is 62.5 Å². The summed E-state index contributed by atoms with van der Waals surface area (Å²) in [6.07, 6.45) is 1.84. The Hall–Kier alpha value is -2.22. The van der Waals surface area contributed by atoms with Gasteiger partial charge in [0.05, 0.1) is 4.88 Å². The van der Waals surface area contributed by atoms with Gasteiger partial charge in [-0.25, -0.2) is 0 Å². The number of thiophene rings is 1. The molecule has 0 spiro atoms. The molecule has 1 amide bonds. The van der Waals surface area contributed by atoms with Crippen molar-refractivity contribution in [1.82, 2.24) is 19.9 Å². The second kappa shape index (κ2) is 9.52. The molecule has 0 aliphatic carbocycles. The molecular weight excluding hydrogens is 408 g/mol. The fourth-order valence-corrected chi connectivity index (χ4v) is 4.24. The lowest BCUT2D eigenvalue weighted by Gasteiger charge is -2.22. The quantitative estimate of drug-likeness (QED) is 0.588. The van der Waals surface area contributed by atoms with Gasteiger partial charge in [0.15, 0.2) is 0 Å². The zero-order valence-corrected chi connectivity index (χ0v) is 17.7. The lowest BCUT2D eigenvalue weighted by molar-refractivity contribution is -0.131. The van der Waals surface area contributed by atoms with Gasteiger partial charge in [-0.1, -0.05) is 35.0 Å². The minimum absolute atomic E-state index is 0.147. The molecule has 0 N–H and O–H groups in total. The van der Waals surface area contributed by atoms with Crippen molar-refractivity contribution in [1.29, 1.82) is 0 Å². The Morgan fingerprint density at radius 3 is 2.79 bits per heavy atom. The van der Waals surface area contributed by atoms with E-state index in [4.69, 9.17) is 16.1 Å². The summed E-state index contributed by atoms with van der Waals surface area (Å²) in [6.45, 7) is 4.28. The van der Waals surface area contributed by atoms with E-state index in [0.717, 1.165) is 49.0 Å². The summed E-state index contributed by atoms with van der Waals surface area (Å²) < 4.78 is 5.30. The van der Waals surface area contributed by atoms with Crippen molar-refractivity contribution in [3.63, 3.8) is 0 Å². The normalized spacial score (nSPS) is 15.4. The van der Waals surface area contributed by atoms with Crippen LogP contribution < -0.4 is 0 Å². The van der Waals surface area contributed by atoms with E-state index in [0.29, 0.717) is 24.6 Å². The lowest BCUT2D eigenvalue weighted by atomic mass is 10.2. The standard InChI is InChI=1S/C21H23ClN4O2S/c22-17-6-4-16(5-7-17)15-25-10-2-11-26(13-12-25)20(27)9-8-19-23-21(24-28-19)18-3-1-14-29-18/h1,3-7,14H,2,8-13,15H2. The van der Waals surface area contributed by atoms with Crippen LogP contribution in [0.3, 0.4) is 0 Å². The van der Waals surface area contributed by atoms with Gasteiger partial charge in [-0.3, -0.25) is 9.69 Å². The van der Waals surface area contributed by atoms with Crippen LogP contribution in [0.4, 0.5) is 0 Å². The monoisotopic (exact) mass is 430 g/mol. The highest BCUT2D eigenvalue weighted by Gasteiger charge is 2.20. The van der Waals surface area contributed by atoms with Gasteiger partial charge in [-0.05, 0) is 35.6 Å². The third-order valence-corrected chi connectivity index (χ3v) is 6.14. The van der Waals surface area contributed by atoms with Crippen molar-refractivity contribution >= 4 is 28.8 Å². The number of benzene rings is 1. The Balaban J connectivity index is 1.25. The van der Waals surface area contributed by atoms with Gasteiger partial charge in [0.1, 0.15) is 0 Å². The van der Waals surface area contributed by atoms with E-state index in [1.807, 2.05) is 34.5 Å². The van der Waals surface area contributed by atoms with Crippen molar-refractivity contribution in [2.24, 2.45) is 0 Å². The molecule has 0 atom stereocenters. The van der Waals surface area contributed by atoms with Crippen LogP contribution >= 0.6 is 22.9 Å². The predicted octanol–water partition coefficient (Wildman–Crippen LogP) is 4.12. The summed E-state index contributed by atoms with van der Waals surface area (Å²) in [5.74, 6) is 1.25. The maximum Gasteiger partial charge on any atom is 0.227 e. The third-order valence-electron chi connectivity index (χ3n) is 5.02. The van der Waals surface area contributed by atoms with E-state index < -0.39 is 0 Å². The second-order valence-corrected chi connectivity index (χ2v) is 8.51. The highest BCUT2D eigenvalue weighted by atomic mass is 35.5. The van der Waals surface area contributed by atoms with Crippen LogP contribution in [0.1, 0.15) is 24.3 Å². The number of carbonyl (C=O) groups excluding carboxylic acids is 1. The first-order valence-corrected chi connectivity index (χ1v) is 11.0. The van der Waals surface area contributed by atoms with Crippen LogP contribution in [0.2, 0.25) is 5.02 Å². The molecular formula is C21H23ClN4O2S. The van der Waals surface area contributed by atoms with Crippen molar-refractivity contribution in [2.75, 3.05) is 26.2 Å². The molecule has 1 aliphatic heterocycles. The first kappa shape index (κ1) is 20.1. The fourth-order valence-electron chi connectivity index (χ4n) is 3.46. The molecule has 3 aromatic rings. The minimum atomic E-state index is 0.147. The number of halogens is 1. The summed E-state index contributed by atoms with van der Waals surface area (Å²) >= 11 is 7.53. The van der Waals surface area contributed by atoms with Crippen molar-refractivity contribution in [3.05, 3.63) is 58.3 Å². The molecule has 4 rings (SSSR count). The van der Waals surface area contributed by atoms with E-state index in [1.165, 1.54) is 5.56 Å². The van der Waals surface area contributed by atoms with E-state index in [2.05, 4.69) is 27.2 Å². The molecule has 6 nitrogen and oxygen atoms in total. The average Bonchev–Trinajstić information content (AvgIpc) is 3.37. The maximum absolute atomic E-state index is 12.7. The fraction of sp³-hybridized carbons (Fsp3) is 0.381. The molecule has 8 heteroatoms. The van der Waals surface area contributed by atoms with E-state index in [9.17, 15) is 4.79 Å². The number of carbonyl (C=O) groups is 1. The number of hydrogen-bond donors (Lipinski definition) is 0. The number of amides is 1. The van der Waals surface area contributed by atoms with Gasteiger partial charge in [0, 0.05) is 50.6 Å². The summed E-state index contributed by atoms with van der Waals surface area (Å²) in [5, 5.41) is 6.74. The molecule has 1 aliphatic rings. The van der Waals surface area contributed by atoms with Crippen LogP contribution in [0.25, 0.3) is 10.7 Å². The molecule has 0 unspecified atom stereocenters. The molecule has 29 heavy (non-hydrogen) atoms. The maximum atomic E-state index is 12.7. The van der Waals surface area contributed by atoms with Crippen molar-refractivity contribution in [3.8, 4) is 10.7 Å². The lowest BCUT2D eigenvalue weighted by Crippen LogP contribution is -2.35. The molecule has 3 heterocycles. The van der Waals surface area contributed by atoms with Crippen LogP contribution in [0, 0.1) is 0 Å². The summed E-state index contributed by atoms with van der Waals surface area (Å²) in [6, 6.07) is 11.9. The number of aromatic nitrogens is 2. The highest BCUT2D eigenvalue weighted by Crippen LogP contribution is 2.21. The second-order valence-electron chi connectivity index (χ2n) is 7.13. The van der Waals surface area contributed by atoms with Crippen molar-refractivity contribution < 1.29 is 9.32 Å². The van der Waals surface area contributed by atoms with Crippen LogP contribution in [-0.2, 0) is 17.8 Å². The Morgan fingerprint density at radius 2 is 2.00 bits per heavy atom.